The number of amides is 2. The number of anilines is 1. The summed E-state index contributed by atoms with van der Waals surface area (Å²) in [7, 11) is -4.30. The first kappa shape index (κ1) is 34.5. The minimum Gasteiger partial charge on any atom is -0.352 e. The first-order valence-corrected chi connectivity index (χ1v) is 18.0. The monoisotopic (exact) mass is 691 g/mol. The largest absolute Gasteiger partial charge is 0.352 e. The highest BCUT2D eigenvalue weighted by atomic mass is 35.5. The molecule has 1 atom stereocenters. The maximum Gasteiger partial charge on any atom is 0.264 e. The second kappa shape index (κ2) is 15.4. The van der Waals surface area contributed by atoms with Crippen molar-refractivity contribution in [3.05, 3.63) is 129 Å². The molecule has 1 fully saturated rings. The van der Waals surface area contributed by atoms with Gasteiger partial charge in [0.1, 0.15) is 12.6 Å². The van der Waals surface area contributed by atoms with Crippen LogP contribution in [0, 0.1) is 13.8 Å². The number of rotatable bonds is 12. The first-order valence-electron chi connectivity index (χ1n) is 15.8. The lowest BCUT2D eigenvalue weighted by Gasteiger charge is -2.34. The Morgan fingerprint density at radius 2 is 1.43 bits per heavy atom. The van der Waals surface area contributed by atoms with Gasteiger partial charge in [-0.1, -0.05) is 120 Å². The number of sulfonamides is 1. The van der Waals surface area contributed by atoms with E-state index < -0.39 is 28.5 Å². The molecule has 7 nitrogen and oxygen atoms in total. The molecule has 1 unspecified atom stereocenters. The van der Waals surface area contributed by atoms with E-state index in [9.17, 15) is 18.0 Å². The Balaban J connectivity index is 1.58. The van der Waals surface area contributed by atoms with Gasteiger partial charge in [-0.25, -0.2) is 8.42 Å². The van der Waals surface area contributed by atoms with Crippen LogP contribution >= 0.6 is 23.2 Å². The average molecular weight is 693 g/mol. The molecule has 0 aromatic heterocycles. The summed E-state index contributed by atoms with van der Waals surface area (Å²) in [6.45, 7) is 3.32. The van der Waals surface area contributed by atoms with Crippen LogP contribution in [0.4, 0.5) is 5.69 Å². The third-order valence-electron chi connectivity index (χ3n) is 8.53. The zero-order chi connectivity index (χ0) is 33.6. The summed E-state index contributed by atoms with van der Waals surface area (Å²) in [6.07, 6.45) is 4.08. The molecule has 1 saturated carbocycles. The molecule has 47 heavy (non-hydrogen) atoms. The topological polar surface area (TPSA) is 86.8 Å². The molecule has 246 valence electrons. The third kappa shape index (κ3) is 8.55. The molecular formula is C37H39Cl2N3O4S. The number of carbonyl (C=O) groups excluding carboxylic acids is 2. The summed E-state index contributed by atoms with van der Waals surface area (Å²) in [4.78, 5) is 30.3. The van der Waals surface area contributed by atoms with Crippen molar-refractivity contribution in [3.8, 4) is 0 Å². The Bertz CT molecular complexity index is 1790. The van der Waals surface area contributed by atoms with E-state index in [0.29, 0.717) is 0 Å². The quantitative estimate of drug-likeness (QED) is 0.167. The van der Waals surface area contributed by atoms with Crippen molar-refractivity contribution in [2.45, 2.75) is 69.5 Å². The van der Waals surface area contributed by atoms with Crippen LogP contribution in [0.15, 0.2) is 102 Å². The maximum absolute atomic E-state index is 14.7. The van der Waals surface area contributed by atoms with E-state index in [4.69, 9.17) is 23.2 Å². The van der Waals surface area contributed by atoms with E-state index in [2.05, 4.69) is 5.32 Å². The Labute approximate surface area is 287 Å². The second-order valence-electron chi connectivity index (χ2n) is 12.1. The molecule has 0 radical (unpaired) electrons. The van der Waals surface area contributed by atoms with Gasteiger partial charge in [-0.2, -0.15) is 0 Å². The van der Waals surface area contributed by atoms with E-state index in [1.54, 1.807) is 24.3 Å². The fourth-order valence-corrected chi connectivity index (χ4v) is 7.72. The molecule has 4 aromatic rings. The van der Waals surface area contributed by atoms with Crippen LogP contribution in [-0.4, -0.2) is 43.8 Å². The summed E-state index contributed by atoms with van der Waals surface area (Å²) in [5, 5.41) is 3.34. The van der Waals surface area contributed by atoms with Crippen LogP contribution < -0.4 is 9.62 Å². The molecule has 1 N–H and O–H groups in total. The lowest BCUT2D eigenvalue weighted by Crippen LogP contribution is -2.54. The van der Waals surface area contributed by atoms with Crippen LogP contribution in [0.1, 0.15) is 47.9 Å². The van der Waals surface area contributed by atoms with E-state index in [1.807, 2.05) is 68.4 Å². The first-order chi connectivity index (χ1) is 22.5. The number of benzene rings is 4. The van der Waals surface area contributed by atoms with Gasteiger partial charge < -0.3 is 10.2 Å². The fourth-order valence-electron chi connectivity index (χ4n) is 5.85. The zero-order valence-electron chi connectivity index (χ0n) is 26.5. The lowest BCUT2D eigenvalue weighted by atomic mass is 10.0. The third-order valence-corrected chi connectivity index (χ3v) is 11.1. The molecule has 2 amide bonds. The van der Waals surface area contributed by atoms with Crippen LogP contribution in [0.2, 0.25) is 10.0 Å². The number of hydrogen-bond acceptors (Lipinski definition) is 4. The second-order valence-corrected chi connectivity index (χ2v) is 14.7. The maximum atomic E-state index is 14.7. The van der Waals surface area contributed by atoms with Gasteiger partial charge in [0.15, 0.2) is 0 Å². The summed E-state index contributed by atoms with van der Waals surface area (Å²) < 4.78 is 29.5. The number of hydrogen-bond donors (Lipinski definition) is 1. The smallest absolute Gasteiger partial charge is 0.264 e. The molecule has 0 saturated heterocycles. The van der Waals surface area contributed by atoms with E-state index in [1.165, 1.54) is 23.1 Å². The van der Waals surface area contributed by atoms with Gasteiger partial charge in [0, 0.05) is 19.0 Å². The molecule has 5 rings (SSSR count). The normalized spacial score (nSPS) is 14.0. The zero-order valence-corrected chi connectivity index (χ0v) is 28.9. The predicted octanol–water partition coefficient (Wildman–Crippen LogP) is 7.50. The molecule has 0 bridgehead atoms. The van der Waals surface area contributed by atoms with Crippen LogP contribution in [0.3, 0.4) is 0 Å². The number of carbonyl (C=O) groups is 2. The fraction of sp³-hybridized carbons (Fsp3) is 0.297. The van der Waals surface area contributed by atoms with E-state index >= 15 is 0 Å². The molecule has 4 aromatic carbocycles. The van der Waals surface area contributed by atoms with Crippen molar-refractivity contribution in [2.75, 3.05) is 10.8 Å². The number of nitrogens with one attached hydrogen (secondary N) is 1. The molecule has 0 heterocycles. The minimum atomic E-state index is -4.30. The van der Waals surface area contributed by atoms with Crippen LogP contribution in [0.25, 0.3) is 0 Å². The number of aryl methyl sites for hydroxylation is 2. The molecule has 0 spiro atoms. The number of nitrogens with zero attached hydrogens (tertiary/aromatic N) is 2. The van der Waals surface area contributed by atoms with Gasteiger partial charge in [0.2, 0.25) is 11.8 Å². The Morgan fingerprint density at radius 1 is 0.809 bits per heavy atom. The van der Waals surface area contributed by atoms with Crippen molar-refractivity contribution in [3.63, 3.8) is 0 Å². The highest BCUT2D eigenvalue weighted by Gasteiger charge is 2.36. The summed E-state index contributed by atoms with van der Waals surface area (Å²) in [5.74, 6) is -0.824. The summed E-state index contributed by atoms with van der Waals surface area (Å²) in [6, 6.07) is 27.4. The Morgan fingerprint density at radius 3 is 2.06 bits per heavy atom. The van der Waals surface area contributed by atoms with Gasteiger partial charge >= 0.3 is 0 Å². The number of halogens is 2. The van der Waals surface area contributed by atoms with Gasteiger partial charge in [0.05, 0.1) is 20.6 Å². The van der Waals surface area contributed by atoms with Crippen molar-refractivity contribution in [2.24, 2.45) is 0 Å². The van der Waals surface area contributed by atoms with E-state index in [-0.39, 0.29) is 45.5 Å². The standard InChI is InChI=1S/C37H39Cl2N3O4S/c1-26-15-19-29(20-16-26)24-41(34(23-28-9-4-3-5-10-28)37(44)40-30-11-6-7-12-30)35(43)25-42(33-14-8-13-32(38)36(33)39)47(45,46)31-21-17-27(2)18-22-31/h3-5,8-10,13-22,30,34H,6-7,11-12,23-25H2,1-2H3,(H,40,44). The van der Waals surface area contributed by atoms with Gasteiger partial charge in [-0.15, -0.1) is 0 Å². The highest BCUT2D eigenvalue weighted by Crippen LogP contribution is 2.36. The minimum absolute atomic E-state index is 0.00236. The van der Waals surface area contributed by atoms with Crippen LogP contribution in [0.5, 0.6) is 0 Å². The van der Waals surface area contributed by atoms with Crippen molar-refractivity contribution in [1.82, 2.24) is 10.2 Å². The summed E-state index contributed by atoms with van der Waals surface area (Å²) in [5.41, 5.74) is 3.69. The van der Waals surface area contributed by atoms with Gasteiger partial charge in [-0.3, -0.25) is 13.9 Å². The van der Waals surface area contributed by atoms with Crippen molar-refractivity contribution >= 4 is 50.7 Å². The molecular weight excluding hydrogens is 653 g/mol. The molecule has 10 heteroatoms. The highest BCUT2D eigenvalue weighted by molar-refractivity contribution is 7.92. The average Bonchev–Trinajstić information content (AvgIpc) is 3.57. The SMILES string of the molecule is Cc1ccc(CN(C(=O)CN(c2cccc(Cl)c2Cl)S(=O)(=O)c2ccc(C)cc2)C(Cc2ccccc2)C(=O)NC2CCCC2)cc1. The van der Waals surface area contributed by atoms with E-state index in [0.717, 1.165) is 52.2 Å². The Kier molecular flexibility index (Phi) is 11.3. The van der Waals surface area contributed by atoms with Crippen molar-refractivity contribution in [1.29, 1.82) is 0 Å². The Hall–Kier alpha value is -3.85. The van der Waals surface area contributed by atoms with Gasteiger partial charge in [0.25, 0.3) is 10.0 Å². The van der Waals surface area contributed by atoms with Crippen LogP contribution in [-0.2, 0) is 32.6 Å². The molecule has 0 aliphatic heterocycles. The van der Waals surface area contributed by atoms with Gasteiger partial charge in [-0.05, 0) is 62.1 Å². The molecule has 1 aliphatic carbocycles. The molecule has 1 aliphatic rings. The lowest BCUT2D eigenvalue weighted by molar-refractivity contribution is -0.140. The summed E-state index contributed by atoms with van der Waals surface area (Å²) >= 11 is 13.0. The predicted molar refractivity (Wildman–Crippen MR) is 188 cm³/mol. The van der Waals surface area contributed by atoms with Crippen molar-refractivity contribution < 1.29 is 18.0 Å².